The summed E-state index contributed by atoms with van der Waals surface area (Å²) in [6.07, 6.45) is 1.70. The molecule has 3 rings (SSSR count). The minimum absolute atomic E-state index is 0.286. The number of carbonyl (C=O) groups is 1. The average molecular weight is 338 g/mol. The van der Waals surface area contributed by atoms with E-state index in [-0.39, 0.29) is 5.91 Å². The van der Waals surface area contributed by atoms with Crippen LogP contribution in [0.25, 0.3) is 6.08 Å². The molecule has 0 atom stereocenters. The monoisotopic (exact) mass is 338 g/mol. The van der Waals surface area contributed by atoms with Crippen molar-refractivity contribution in [3.05, 3.63) is 59.3 Å². The molecule has 0 aliphatic carbocycles. The van der Waals surface area contributed by atoms with Gasteiger partial charge in [-0.1, -0.05) is 18.2 Å². The van der Waals surface area contributed by atoms with E-state index in [9.17, 15) is 4.79 Å². The molecular weight excluding hydrogens is 320 g/mol. The predicted octanol–water partition coefficient (Wildman–Crippen LogP) is 2.63. The average Bonchev–Trinajstić information content (AvgIpc) is 3.01. The Morgan fingerprint density at radius 3 is 2.28 bits per heavy atom. The van der Waals surface area contributed by atoms with E-state index < -0.39 is 0 Å². The lowest BCUT2D eigenvalue weighted by Gasteiger charge is -2.12. The lowest BCUT2D eigenvalue weighted by molar-refractivity contribution is -0.115. The standard InChI is InChI=1S/C19H18N2O4/c1-23-13-7-4-6-12(10-13)11-14-19(22)21-18(20-14)17-15(24-2)8-5-9-16(17)25-3/h4-11H,1-3H3,(H,20,21,22)/b14-11+. The van der Waals surface area contributed by atoms with Gasteiger partial charge in [-0.2, -0.15) is 0 Å². The third-order valence-corrected chi connectivity index (χ3v) is 3.76. The van der Waals surface area contributed by atoms with Crippen LogP contribution in [0, 0.1) is 0 Å². The number of hydrogen-bond donors (Lipinski definition) is 1. The molecule has 1 aliphatic heterocycles. The van der Waals surface area contributed by atoms with Gasteiger partial charge in [0.1, 0.15) is 34.3 Å². The number of nitrogens with zero attached hydrogens (tertiary/aromatic N) is 1. The molecule has 6 heteroatoms. The van der Waals surface area contributed by atoms with Gasteiger partial charge in [0, 0.05) is 0 Å². The molecule has 128 valence electrons. The third-order valence-electron chi connectivity index (χ3n) is 3.76. The first-order valence-corrected chi connectivity index (χ1v) is 7.63. The summed E-state index contributed by atoms with van der Waals surface area (Å²) in [5.74, 6) is 1.96. The van der Waals surface area contributed by atoms with Crippen LogP contribution in [-0.4, -0.2) is 33.1 Å². The van der Waals surface area contributed by atoms with Crippen LogP contribution in [0.2, 0.25) is 0 Å². The number of nitrogens with one attached hydrogen (secondary N) is 1. The van der Waals surface area contributed by atoms with E-state index >= 15 is 0 Å². The first-order valence-electron chi connectivity index (χ1n) is 7.63. The van der Waals surface area contributed by atoms with Gasteiger partial charge in [-0.05, 0) is 35.9 Å². The Balaban J connectivity index is 2.02. The predicted molar refractivity (Wildman–Crippen MR) is 95.2 cm³/mol. The van der Waals surface area contributed by atoms with Gasteiger partial charge in [0.05, 0.1) is 21.3 Å². The molecule has 0 saturated heterocycles. The van der Waals surface area contributed by atoms with Crippen molar-refractivity contribution in [2.45, 2.75) is 0 Å². The Bertz CT molecular complexity index is 849. The number of rotatable bonds is 5. The first-order chi connectivity index (χ1) is 12.2. The molecule has 1 heterocycles. The highest BCUT2D eigenvalue weighted by atomic mass is 16.5. The molecule has 25 heavy (non-hydrogen) atoms. The van der Waals surface area contributed by atoms with E-state index in [0.717, 1.165) is 5.56 Å². The smallest absolute Gasteiger partial charge is 0.275 e. The number of amidine groups is 1. The zero-order valence-corrected chi connectivity index (χ0v) is 14.2. The van der Waals surface area contributed by atoms with Crippen LogP contribution in [0.4, 0.5) is 0 Å². The molecule has 0 spiro atoms. The second kappa shape index (κ2) is 7.09. The number of ether oxygens (including phenoxy) is 3. The normalized spacial score (nSPS) is 14.9. The molecule has 1 amide bonds. The third kappa shape index (κ3) is 3.33. The number of carbonyl (C=O) groups excluding carboxylic acids is 1. The summed E-state index contributed by atoms with van der Waals surface area (Å²) < 4.78 is 15.9. The van der Waals surface area contributed by atoms with Gasteiger partial charge in [0.2, 0.25) is 0 Å². The molecule has 0 saturated carbocycles. The van der Waals surface area contributed by atoms with Gasteiger partial charge in [-0.15, -0.1) is 0 Å². The molecule has 0 bridgehead atoms. The Labute approximate surface area is 145 Å². The van der Waals surface area contributed by atoms with Crippen LogP contribution >= 0.6 is 0 Å². The molecule has 0 aromatic heterocycles. The molecule has 2 aromatic carbocycles. The highest BCUT2D eigenvalue weighted by Gasteiger charge is 2.26. The summed E-state index contributed by atoms with van der Waals surface area (Å²) in [6.45, 7) is 0. The van der Waals surface area contributed by atoms with E-state index in [0.29, 0.717) is 34.3 Å². The number of benzene rings is 2. The SMILES string of the molecule is COc1cccc(/C=C2/N=C(c3c(OC)cccc3OC)NC2=O)c1. The number of methoxy groups -OCH3 is 3. The minimum atomic E-state index is -0.286. The molecule has 6 nitrogen and oxygen atoms in total. The number of aliphatic imine (C=N–C) groups is 1. The molecule has 2 aromatic rings. The van der Waals surface area contributed by atoms with Crippen molar-refractivity contribution in [3.8, 4) is 17.2 Å². The van der Waals surface area contributed by atoms with Crippen molar-refractivity contribution in [2.75, 3.05) is 21.3 Å². The van der Waals surface area contributed by atoms with Gasteiger partial charge >= 0.3 is 0 Å². The van der Waals surface area contributed by atoms with Crippen LogP contribution < -0.4 is 19.5 Å². The van der Waals surface area contributed by atoms with Gasteiger partial charge in [-0.3, -0.25) is 4.79 Å². The first kappa shape index (κ1) is 16.6. The van der Waals surface area contributed by atoms with E-state index in [1.165, 1.54) is 0 Å². The molecule has 1 aliphatic rings. The molecular formula is C19H18N2O4. The van der Waals surface area contributed by atoms with E-state index in [2.05, 4.69) is 10.3 Å². The summed E-state index contributed by atoms with van der Waals surface area (Å²) in [5.41, 5.74) is 1.73. The summed E-state index contributed by atoms with van der Waals surface area (Å²) >= 11 is 0. The molecule has 0 unspecified atom stereocenters. The molecule has 1 N–H and O–H groups in total. The molecule has 0 radical (unpaired) electrons. The largest absolute Gasteiger partial charge is 0.497 e. The maximum absolute atomic E-state index is 12.3. The minimum Gasteiger partial charge on any atom is -0.497 e. The summed E-state index contributed by atoms with van der Waals surface area (Å²) in [7, 11) is 4.71. The summed E-state index contributed by atoms with van der Waals surface area (Å²) in [5, 5.41) is 2.77. The van der Waals surface area contributed by atoms with Crippen molar-refractivity contribution < 1.29 is 19.0 Å². The Kier molecular flexibility index (Phi) is 4.70. The fraction of sp³-hybridized carbons (Fsp3) is 0.158. The Morgan fingerprint density at radius 1 is 0.960 bits per heavy atom. The van der Waals surface area contributed by atoms with Gasteiger partial charge < -0.3 is 19.5 Å². The van der Waals surface area contributed by atoms with Crippen molar-refractivity contribution >= 4 is 17.8 Å². The van der Waals surface area contributed by atoms with Crippen molar-refractivity contribution in [2.24, 2.45) is 4.99 Å². The molecule has 0 fully saturated rings. The van der Waals surface area contributed by atoms with Crippen LogP contribution in [0.3, 0.4) is 0 Å². The van der Waals surface area contributed by atoms with Crippen LogP contribution in [-0.2, 0) is 4.79 Å². The second-order valence-electron chi connectivity index (χ2n) is 5.26. The van der Waals surface area contributed by atoms with Crippen LogP contribution in [0.1, 0.15) is 11.1 Å². The van der Waals surface area contributed by atoms with Gasteiger partial charge in [0.25, 0.3) is 5.91 Å². The van der Waals surface area contributed by atoms with Gasteiger partial charge in [-0.25, -0.2) is 4.99 Å². The van der Waals surface area contributed by atoms with Crippen molar-refractivity contribution in [1.82, 2.24) is 5.32 Å². The number of amides is 1. The Hall–Kier alpha value is -3.28. The zero-order valence-electron chi connectivity index (χ0n) is 14.2. The zero-order chi connectivity index (χ0) is 17.8. The highest BCUT2D eigenvalue weighted by molar-refractivity contribution is 6.21. The van der Waals surface area contributed by atoms with Crippen molar-refractivity contribution in [1.29, 1.82) is 0 Å². The van der Waals surface area contributed by atoms with Gasteiger partial charge in [0.15, 0.2) is 0 Å². The van der Waals surface area contributed by atoms with E-state index in [1.807, 2.05) is 30.3 Å². The lowest BCUT2D eigenvalue weighted by atomic mass is 10.1. The van der Waals surface area contributed by atoms with E-state index in [4.69, 9.17) is 14.2 Å². The topological polar surface area (TPSA) is 69.2 Å². The number of hydrogen-bond acceptors (Lipinski definition) is 5. The second-order valence-corrected chi connectivity index (χ2v) is 5.26. The maximum Gasteiger partial charge on any atom is 0.275 e. The quantitative estimate of drug-likeness (QED) is 0.851. The fourth-order valence-electron chi connectivity index (χ4n) is 2.56. The highest BCUT2D eigenvalue weighted by Crippen LogP contribution is 2.30. The Morgan fingerprint density at radius 2 is 1.64 bits per heavy atom. The lowest BCUT2D eigenvalue weighted by Crippen LogP contribution is -2.25. The summed E-state index contributed by atoms with van der Waals surface area (Å²) in [6, 6.07) is 12.8. The van der Waals surface area contributed by atoms with E-state index in [1.54, 1.807) is 39.5 Å². The van der Waals surface area contributed by atoms with Crippen LogP contribution in [0.15, 0.2) is 53.2 Å². The fourth-order valence-corrected chi connectivity index (χ4v) is 2.56. The summed E-state index contributed by atoms with van der Waals surface area (Å²) in [4.78, 5) is 16.7. The van der Waals surface area contributed by atoms with Crippen molar-refractivity contribution in [3.63, 3.8) is 0 Å². The van der Waals surface area contributed by atoms with Crippen LogP contribution in [0.5, 0.6) is 17.2 Å². The maximum atomic E-state index is 12.3.